The van der Waals surface area contributed by atoms with Crippen molar-refractivity contribution in [3.05, 3.63) is 29.8 Å². The minimum Gasteiger partial charge on any atom is -0.480 e. The van der Waals surface area contributed by atoms with Gasteiger partial charge in [-0.1, -0.05) is 6.42 Å². The van der Waals surface area contributed by atoms with Crippen LogP contribution < -0.4 is 21.5 Å². The first kappa shape index (κ1) is 47.5. The lowest BCUT2D eigenvalue weighted by Gasteiger charge is -2.32. The number of aliphatic carboxylic acids is 3. The molecule has 0 aliphatic carbocycles. The first-order chi connectivity index (χ1) is 27.6. The molecule has 1 aromatic carbocycles. The van der Waals surface area contributed by atoms with Gasteiger partial charge in [-0.05, 0) is 56.9 Å². The fourth-order valence-corrected chi connectivity index (χ4v) is 6.73. The van der Waals surface area contributed by atoms with Crippen molar-refractivity contribution in [2.24, 2.45) is 0 Å². The molecule has 3 rings (SSSR count). The molecule has 2 saturated heterocycles. The number of carbonyl (C=O) groups is 7. The molecule has 0 bridgehead atoms. The Morgan fingerprint density at radius 3 is 1.67 bits per heavy atom. The summed E-state index contributed by atoms with van der Waals surface area (Å²) >= 11 is 0. The van der Waals surface area contributed by atoms with E-state index in [1.54, 1.807) is 26.8 Å². The van der Waals surface area contributed by atoms with Gasteiger partial charge in [-0.3, -0.25) is 64.0 Å². The zero-order valence-electron chi connectivity index (χ0n) is 33.0. The molecule has 2 aliphatic rings. The fraction of sp³-hybridized carbons (Fsp3) is 0.639. The first-order valence-electron chi connectivity index (χ1n) is 19.5. The van der Waals surface area contributed by atoms with Crippen molar-refractivity contribution < 1.29 is 58.9 Å². The number of nitrogens with zero attached hydrogens (tertiary/aromatic N) is 5. The van der Waals surface area contributed by atoms with Gasteiger partial charge < -0.3 is 40.9 Å². The monoisotopic (exact) mass is 819 g/mol. The van der Waals surface area contributed by atoms with Crippen molar-refractivity contribution in [3.8, 4) is 0 Å². The van der Waals surface area contributed by atoms with Crippen LogP contribution in [0.5, 0.6) is 0 Å². The standard InChI is InChI=1S/C36H58BN9O12/c1-26(36(56)46-13-5-6-29(46)37(57)58)39-35(55)27-8-10-28(11-9-27)40-41-30(47)7-3-2-4-12-38-31(48)22-42-14-16-43(23-32(49)50)18-20-45(25-34(53)54)21-19-44(17-15-42)24-33(51)52/h8-11,26,29,40,57-58H,2-7,12-25H2,1H3,(H,38,48)(H,39,55)(H,41,47)(H,49,50)(H,51,52)(H,53,54)/t26-,29+/m1/s1. The van der Waals surface area contributed by atoms with Gasteiger partial charge in [-0.25, -0.2) is 0 Å². The zero-order valence-corrected chi connectivity index (χ0v) is 33.0. The molecule has 2 atom stereocenters. The van der Waals surface area contributed by atoms with Crippen LogP contribution in [0, 0.1) is 0 Å². The van der Waals surface area contributed by atoms with Crippen LogP contribution in [-0.4, -0.2) is 202 Å². The van der Waals surface area contributed by atoms with Crippen molar-refractivity contribution in [1.82, 2.24) is 40.6 Å². The Morgan fingerprint density at radius 2 is 1.19 bits per heavy atom. The van der Waals surface area contributed by atoms with Gasteiger partial charge in [0, 0.05) is 77.4 Å². The van der Waals surface area contributed by atoms with Crippen LogP contribution in [0.15, 0.2) is 24.3 Å². The van der Waals surface area contributed by atoms with Crippen LogP contribution in [-0.2, 0) is 28.8 Å². The van der Waals surface area contributed by atoms with Crippen molar-refractivity contribution in [2.45, 2.75) is 57.4 Å². The SMILES string of the molecule is C[C@@H](NC(=O)c1ccc(NNC(=O)CCCCCNC(=O)CN2CCN(CC(=O)O)CCN(CC(=O)O)CCN(CC(=O)O)CC2)cc1)C(=O)N1CCC[C@H]1B(O)O. The predicted octanol–water partition coefficient (Wildman–Crippen LogP) is -2.60. The molecule has 0 aromatic heterocycles. The maximum Gasteiger partial charge on any atom is 0.475 e. The molecular formula is C36H58BN9O12. The second-order valence-electron chi connectivity index (χ2n) is 14.5. The fourth-order valence-electron chi connectivity index (χ4n) is 6.73. The lowest BCUT2D eigenvalue weighted by molar-refractivity contribution is -0.140. The number of hydrogen-bond donors (Lipinski definition) is 9. The highest BCUT2D eigenvalue weighted by atomic mass is 16.4. The van der Waals surface area contributed by atoms with E-state index in [1.165, 1.54) is 24.0 Å². The smallest absolute Gasteiger partial charge is 0.475 e. The lowest BCUT2D eigenvalue weighted by Crippen LogP contribution is -2.52. The van der Waals surface area contributed by atoms with Crippen LogP contribution in [0.3, 0.4) is 0 Å². The summed E-state index contributed by atoms with van der Waals surface area (Å²) in [5.74, 6) is -5.18. The number of unbranched alkanes of at least 4 members (excludes halogenated alkanes) is 2. The van der Waals surface area contributed by atoms with Gasteiger partial charge in [-0.2, -0.15) is 0 Å². The quantitative estimate of drug-likeness (QED) is 0.0371. The number of likely N-dealkylation sites (tertiary alicyclic amines) is 1. The largest absolute Gasteiger partial charge is 0.480 e. The van der Waals surface area contributed by atoms with E-state index in [9.17, 15) is 58.9 Å². The van der Waals surface area contributed by atoms with Crippen molar-refractivity contribution in [3.63, 3.8) is 0 Å². The number of carboxylic acids is 3. The highest BCUT2D eigenvalue weighted by Crippen LogP contribution is 2.19. The number of carbonyl (C=O) groups excluding carboxylic acids is 4. The highest BCUT2D eigenvalue weighted by Gasteiger charge is 2.38. The molecule has 9 N–H and O–H groups in total. The van der Waals surface area contributed by atoms with Gasteiger partial charge in [0.2, 0.25) is 17.7 Å². The Hall–Kier alpha value is -4.87. The van der Waals surface area contributed by atoms with E-state index in [-0.39, 0.29) is 70.6 Å². The Morgan fingerprint density at radius 1 is 0.690 bits per heavy atom. The zero-order chi connectivity index (χ0) is 42.6. The number of rotatable bonds is 20. The molecule has 322 valence electrons. The lowest BCUT2D eigenvalue weighted by atomic mass is 9.78. The van der Waals surface area contributed by atoms with Crippen LogP contribution in [0.2, 0.25) is 0 Å². The van der Waals surface area contributed by atoms with Crippen LogP contribution in [0.1, 0.15) is 55.8 Å². The van der Waals surface area contributed by atoms with Crippen molar-refractivity contribution >= 4 is 54.3 Å². The Bertz CT molecular complexity index is 1510. The summed E-state index contributed by atoms with van der Waals surface area (Å²) < 4.78 is 0. The molecule has 58 heavy (non-hydrogen) atoms. The minimum absolute atomic E-state index is 0.0157. The van der Waals surface area contributed by atoms with Gasteiger partial charge in [0.25, 0.3) is 5.91 Å². The van der Waals surface area contributed by atoms with E-state index in [0.29, 0.717) is 82.6 Å². The van der Waals surface area contributed by atoms with Crippen LogP contribution >= 0.6 is 0 Å². The molecule has 2 fully saturated rings. The number of amides is 4. The Labute approximate surface area is 337 Å². The second kappa shape index (κ2) is 24.8. The maximum absolute atomic E-state index is 12.9. The van der Waals surface area contributed by atoms with Gasteiger partial charge in [0.05, 0.1) is 37.8 Å². The summed E-state index contributed by atoms with van der Waals surface area (Å²) in [6.45, 7) is 3.97. The van der Waals surface area contributed by atoms with Crippen LogP contribution in [0.4, 0.5) is 5.69 Å². The number of carboxylic acid groups (broad SMARTS) is 3. The van der Waals surface area contributed by atoms with E-state index >= 15 is 0 Å². The molecule has 22 heteroatoms. The maximum atomic E-state index is 12.9. The van der Waals surface area contributed by atoms with Crippen molar-refractivity contribution in [2.75, 3.05) is 97.1 Å². The molecule has 0 radical (unpaired) electrons. The number of benzene rings is 1. The predicted molar refractivity (Wildman–Crippen MR) is 210 cm³/mol. The number of hydrogen-bond acceptors (Lipinski definition) is 14. The Balaban J connectivity index is 1.36. The average Bonchev–Trinajstić information content (AvgIpc) is 3.66. The highest BCUT2D eigenvalue weighted by molar-refractivity contribution is 6.43. The van der Waals surface area contributed by atoms with Crippen molar-refractivity contribution in [1.29, 1.82) is 0 Å². The first-order valence-corrected chi connectivity index (χ1v) is 19.5. The van der Waals surface area contributed by atoms with E-state index < -0.39 is 48.8 Å². The molecule has 4 amide bonds. The van der Waals surface area contributed by atoms with E-state index in [1.807, 2.05) is 4.90 Å². The molecule has 2 aliphatic heterocycles. The number of anilines is 1. The topological polar surface area (TPSA) is 285 Å². The molecular weight excluding hydrogens is 761 g/mol. The third-order valence-corrected chi connectivity index (χ3v) is 9.91. The number of nitrogens with one attached hydrogen (secondary N) is 4. The average molecular weight is 820 g/mol. The van der Waals surface area contributed by atoms with Gasteiger partial charge in [0.1, 0.15) is 6.04 Å². The van der Waals surface area contributed by atoms with E-state index in [0.717, 1.165) is 0 Å². The summed E-state index contributed by atoms with van der Waals surface area (Å²) in [7, 11) is -1.65. The van der Waals surface area contributed by atoms with Crippen LogP contribution in [0.25, 0.3) is 0 Å². The minimum atomic E-state index is -1.65. The van der Waals surface area contributed by atoms with Gasteiger partial charge >= 0.3 is 25.0 Å². The summed E-state index contributed by atoms with van der Waals surface area (Å²) in [4.78, 5) is 93.4. The van der Waals surface area contributed by atoms with E-state index in [4.69, 9.17) is 0 Å². The normalized spacial score (nSPS) is 18.3. The summed E-state index contributed by atoms with van der Waals surface area (Å²) in [6.07, 6.45) is 3.18. The van der Waals surface area contributed by atoms with Gasteiger partial charge in [0.15, 0.2) is 0 Å². The molecule has 0 saturated carbocycles. The third kappa shape index (κ3) is 17.7. The Kier molecular flexibility index (Phi) is 20.3. The summed E-state index contributed by atoms with van der Waals surface area (Å²) in [6, 6.07) is 5.38. The molecule has 0 spiro atoms. The third-order valence-electron chi connectivity index (χ3n) is 9.91. The molecule has 1 aromatic rings. The summed E-state index contributed by atoms with van der Waals surface area (Å²) in [5, 5.41) is 52.7. The molecule has 0 unspecified atom stereocenters. The molecule has 2 heterocycles. The van der Waals surface area contributed by atoms with E-state index in [2.05, 4.69) is 21.5 Å². The summed E-state index contributed by atoms with van der Waals surface area (Å²) in [5.41, 5.74) is 6.21. The number of hydrazine groups is 1. The second-order valence-corrected chi connectivity index (χ2v) is 14.5. The molecule has 21 nitrogen and oxygen atoms in total. The van der Waals surface area contributed by atoms with Gasteiger partial charge in [-0.15, -0.1) is 0 Å².